The highest BCUT2D eigenvalue weighted by atomic mass is 16.4. The minimum Gasteiger partial charge on any atom is -0.465 e. The summed E-state index contributed by atoms with van der Waals surface area (Å²) >= 11 is 0. The van der Waals surface area contributed by atoms with Gasteiger partial charge in [0.1, 0.15) is 5.82 Å². The number of anilines is 2. The molecule has 158 valence electrons. The fourth-order valence-corrected chi connectivity index (χ4v) is 5.15. The van der Waals surface area contributed by atoms with E-state index in [1.165, 1.54) is 7.05 Å². The fraction of sp³-hybridized carbons (Fsp3) is 0.667. The summed E-state index contributed by atoms with van der Waals surface area (Å²) < 4.78 is 0. The summed E-state index contributed by atoms with van der Waals surface area (Å²) in [7, 11) is 1.49. The first-order valence-corrected chi connectivity index (χ1v) is 10.6. The van der Waals surface area contributed by atoms with Crippen LogP contribution in [0, 0.1) is 5.41 Å². The van der Waals surface area contributed by atoms with E-state index < -0.39 is 6.09 Å². The van der Waals surface area contributed by atoms with Gasteiger partial charge in [0.25, 0.3) is 0 Å². The normalized spacial score (nSPS) is 30.1. The largest absolute Gasteiger partial charge is 0.465 e. The summed E-state index contributed by atoms with van der Waals surface area (Å²) in [6.45, 7) is 2.33. The molecule has 0 aromatic carbocycles. The standard InChI is InChI=1S/C21H30N4O4/c1-23(20(28)29)16-5-8-18(22-13-16)24-11-2-9-21(14-24)10-12-25(19(21)27)15-3-6-17(26)7-4-15/h5,8,13,15,17,26H,2-4,6-7,9-12,14H2,1H3,(H,28,29)/t15-,17-,21?. The van der Waals surface area contributed by atoms with E-state index >= 15 is 0 Å². The van der Waals surface area contributed by atoms with Gasteiger partial charge in [0.15, 0.2) is 0 Å². The average molecular weight is 402 g/mol. The van der Waals surface area contributed by atoms with Crippen LogP contribution in [0.2, 0.25) is 0 Å². The molecule has 1 atom stereocenters. The van der Waals surface area contributed by atoms with Crippen molar-refractivity contribution in [2.75, 3.05) is 36.5 Å². The molecule has 4 rings (SSSR count). The van der Waals surface area contributed by atoms with Crippen LogP contribution in [0.5, 0.6) is 0 Å². The predicted octanol–water partition coefficient (Wildman–Crippen LogP) is 2.32. The molecule has 2 aliphatic heterocycles. The Hall–Kier alpha value is -2.35. The third kappa shape index (κ3) is 3.77. The monoisotopic (exact) mass is 402 g/mol. The Balaban J connectivity index is 1.45. The van der Waals surface area contributed by atoms with E-state index in [9.17, 15) is 14.7 Å². The van der Waals surface area contributed by atoms with Gasteiger partial charge in [-0.25, -0.2) is 9.78 Å². The average Bonchev–Trinajstić information content (AvgIpc) is 3.04. The van der Waals surface area contributed by atoms with Gasteiger partial charge in [-0.15, -0.1) is 0 Å². The highest BCUT2D eigenvalue weighted by Crippen LogP contribution is 2.43. The van der Waals surface area contributed by atoms with Gasteiger partial charge in [-0.3, -0.25) is 9.69 Å². The van der Waals surface area contributed by atoms with Gasteiger partial charge in [-0.05, 0) is 57.1 Å². The zero-order valence-corrected chi connectivity index (χ0v) is 17.0. The van der Waals surface area contributed by atoms with Gasteiger partial charge in [0, 0.05) is 32.7 Å². The summed E-state index contributed by atoms with van der Waals surface area (Å²) in [4.78, 5) is 34.4. The van der Waals surface area contributed by atoms with E-state index in [0.717, 1.165) is 68.8 Å². The Morgan fingerprint density at radius 2 is 1.97 bits per heavy atom. The van der Waals surface area contributed by atoms with E-state index in [-0.39, 0.29) is 23.5 Å². The van der Waals surface area contributed by atoms with Crippen molar-refractivity contribution in [3.05, 3.63) is 18.3 Å². The molecule has 1 aliphatic carbocycles. The minimum absolute atomic E-state index is 0.211. The number of rotatable bonds is 3. The van der Waals surface area contributed by atoms with Crippen molar-refractivity contribution in [3.8, 4) is 0 Å². The number of nitrogens with zero attached hydrogens (tertiary/aromatic N) is 4. The van der Waals surface area contributed by atoms with Crippen molar-refractivity contribution >= 4 is 23.5 Å². The zero-order chi connectivity index (χ0) is 20.6. The highest BCUT2D eigenvalue weighted by Gasteiger charge is 2.50. The van der Waals surface area contributed by atoms with Crippen LogP contribution in [-0.2, 0) is 4.79 Å². The van der Waals surface area contributed by atoms with Crippen molar-refractivity contribution in [3.63, 3.8) is 0 Å². The van der Waals surface area contributed by atoms with Crippen molar-refractivity contribution in [2.45, 2.75) is 57.1 Å². The lowest BCUT2D eigenvalue weighted by Crippen LogP contribution is -2.50. The molecule has 1 saturated carbocycles. The third-order valence-corrected chi connectivity index (χ3v) is 6.96. The van der Waals surface area contributed by atoms with Crippen LogP contribution in [0.25, 0.3) is 0 Å². The Morgan fingerprint density at radius 1 is 1.21 bits per heavy atom. The number of aromatic nitrogens is 1. The number of aliphatic hydroxyl groups excluding tert-OH is 1. The number of carboxylic acid groups (broad SMARTS) is 1. The number of amides is 2. The minimum atomic E-state index is -1.02. The molecule has 2 N–H and O–H groups in total. The number of hydrogen-bond donors (Lipinski definition) is 2. The maximum atomic E-state index is 13.4. The van der Waals surface area contributed by atoms with Gasteiger partial charge in [-0.2, -0.15) is 0 Å². The van der Waals surface area contributed by atoms with Gasteiger partial charge in [-0.1, -0.05) is 0 Å². The van der Waals surface area contributed by atoms with Crippen LogP contribution in [0.3, 0.4) is 0 Å². The van der Waals surface area contributed by atoms with Crippen LogP contribution in [0.15, 0.2) is 18.3 Å². The molecule has 2 saturated heterocycles. The first kappa shape index (κ1) is 19.9. The third-order valence-electron chi connectivity index (χ3n) is 6.96. The molecule has 3 aliphatic rings. The van der Waals surface area contributed by atoms with E-state index in [1.54, 1.807) is 12.3 Å². The Kier molecular flexibility index (Phi) is 5.38. The smallest absolute Gasteiger partial charge is 0.411 e. The second kappa shape index (κ2) is 7.82. The second-order valence-corrected chi connectivity index (χ2v) is 8.73. The molecule has 2 amide bonds. The van der Waals surface area contributed by atoms with E-state index in [0.29, 0.717) is 12.2 Å². The number of pyridine rings is 1. The molecule has 1 spiro atoms. The Labute approximate surface area is 171 Å². The van der Waals surface area contributed by atoms with E-state index in [1.807, 2.05) is 6.07 Å². The van der Waals surface area contributed by atoms with Crippen LogP contribution in [0.4, 0.5) is 16.3 Å². The molecular formula is C21H30N4O4. The van der Waals surface area contributed by atoms with Crippen LogP contribution in [0.1, 0.15) is 44.9 Å². The Morgan fingerprint density at radius 3 is 2.62 bits per heavy atom. The maximum Gasteiger partial charge on any atom is 0.411 e. The van der Waals surface area contributed by atoms with Gasteiger partial charge < -0.3 is 20.0 Å². The SMILES string of the molecule is CN(C(=O)O)c1ccc(N2CCCC3(CCN([C@H]4CC[C@H](O)CC4)C3=O)C2)nc1. The number of piperidine rings is 1. The van der Waals surface area contributed by atoms with Crippen LogP contribution < -0.4 is 9.80 Å². The van der Waals surface area contributed by atoms with Crippen molar-refractivity contribution in [1.82, 2.24) is 9.88 Å². The molecule has 0 bridgehead atoms. The van der Waals surface area contributed by atoms with E-state index in [2.05, 4.69) is 14.8 Å². The first-order valence-electron chi connectivity index (χ1n) is 10.6. The molecule has 8 nitrogen and oxygen atoms in total. The number of likely N-dealkylation sites (tertiary alicyclic amines) is 1. The van der Waals surface area contributed by atoms with E-state index in [4.69, 9.17) is 5.11 Å². The van der Waals surface area contributed by atoms with Gasteiger partial charge in [0.2, 0.25) is 5.91 Å². The molecule has 3 heterocycles. The lowest BCUT2D eigenvalue weighted by Gasteiger charge is -2.41. The number of aliphatic hydroxyl groups is 1. The van der Waals surface area contributed by atoms with Crippen LogP contribution in [-0.4, -0.2) is 70.9 Å². The molecular weight excluding hydrogens is 372 g/mol. The molecule has 3 fully saturated rings. The summed E-state index contributed by atoms with van der Waals surface area (Å²) in [5, 5.41) is 18.9. The summed E-state index contributed by atoms with van der Waals surface area (Å²) in [5.74, 6) is 1.06. The fourth-order valence-electron chi connectivity index (χ4n) is 5.15. The quantitative estimate of drug-likeness (QED) is 0.805. The number of carbonyl (C=O) groups is 2. The number of hydrogen-bond acceptors (Lipinski definition) is 5. The summed E-state index contributed by atoms with van der Waals surface area (Å²) in [6.07, 6.45) is 6.43. The second-order valence-electron chi connectivity index (χ2n) is 8.73. The molecule has 1 unspecified atom stereocenters. The molecule has 1 aromatic heterocycles. The van der Waals surface area contributed by atoms with Gasteiger partial charge >= 0.3 is 6.09 Å². The summed E-state index contributed by atoms with van der Waals surface area (Å²) in [5.41, 5.74) is 0.183. The Bertz CT molecular complexity index is 762. The molecule has 29 heavy (non-hydrogen) atoms. The summed E-state index contributed by atoms with van der Waals surface area (Å²) in [6, 6.07) is 3.87. The lowest BCUT2D eigenvalue weighted by molar-refractivity contribution is -0.139. The van der Waals surface area contributed by atoms with Gasteiger partial charge in [0.05, 0.1) is 23.4 Å². The zero-order valence-electron chi connectivity index (χ0n) is 17.0. The highest BCUT2D eigenvalue weighted by molar-refractivity contribution is 5.86. The predicted molar refractivity (Wildman–Crippen MR) is 109 cm³/mol. The van der Waals surface area contributed by atoms with Crippen molar-refractivity contribution < 1.29 is 19.8 Å². The topological polar surface area (TPSA) is 97.2 Å². The molecule has 0 radical (unpaired) electrons. The molecule has 1 aromatic rings. The lowest BCUT2D eigenvalue weighted by atomic mass is 9.78. The number of carbonyl (C=O) groups excluding carboxylic acids is 1. The van der Waals surface area contributed by atoms with Crippen LogP contribution >= 0.6 is 0 Å². The maximum absolute atomic E-state index is 13.4. The first-order chi connectivity index (χ1) is 13.9. The van der Waals surface area contributed by atoms with Crippen molar-refractivity contribution in [2.24, 2.45) is 5.41 Å². The van der Waals surface area contributed by atoms with Crippen molar-refractivity contribution in [1.29, 1.82) is 0 Å². The molecule has 8 heteroatoms.